The maximum atomic E-state index is 12.2. The summed E-state index contributed by atoms with van der Waals surface area (Å²) in [5, 5.41) is 11.4. The highest BCUT2D eigenvalue weighted by atomic mass is 35.5. The van der Waals surface area contributed by atoms with Crippen molar-refractivity contribution in [2.45, 2.75) is 38.4 Å². The molecule has 1 fully saturated rings. The topological polar surface area (TPSA) is 49.8 Å². The second-order valence-electron chi connectivity index (χ2n) is 5.43. The molecule has 0 aliphatic carbocycles. The van der Waals surface area contributed by atoms with Gasteiger partial charge in [-0.3, -0.25) is 4.79 Å². The van der Waals surface area contributed by atoms with Crippen molar-refractivity contribution in [1.29, 1.82) is 0 Å². The lowest BCUT2D eigenvalue weighted by molar-refractivity contribution is -0.146. The Balaban J connectivity index is 2.03. The Morgan fingerprint density at radius 3 is 2.62 bits per heavy atom. The Morgan fingerprint density at radius 2 is 2.05 bits per heavy atom. The Bertz CT molecular complexity index is 498. The van der Waals surface area contributed by atoms with Crippen LogP contribution in [0.25, 0.3) is 0 Å². The number of likely N-dealkylation sites (tertiary alicyclic amines) is 1. The Morgan fingerprint density at radius 1 is 1.43 bits per heavy atom. The second kappa shape index (κ2) is 6.77. The summed E-state index contributed by atoms with van der Waals surface area (Å²) in [7, 11) is 0. The van der Waals surface area contributed by atoms with E-state index in [1.54, 1.807) is 17.9 Å². The summed E-state index contributed by atoms with van der Waals surface area (Å²) in [6.45, 7) is 5.18. The predicted octanol–water partition coefficient (Wildman–Crippen LogP) is 2.58. The van der Waals surface area contributed by atoms with Crippen molar-refractivity contribution in [3.63, 3.8) is 0 Å². The van der Waals surface area contributed by atoms with E-state index in [0.717, 1.165) is 5.56 Å². The number of carbonyl (C=O) groups is 1. The van der Waals surface area contributed by atoms with Gasteiger partial charge in [0, 0.05) is 30.3 Å². The van der Waals surface area contributed by atoms with Gasteiger partial charge in [0.25, 0.3) is 5.91 Å². The number of carbonyl (C=O) groups excluding carboxylic acids is 1. The van der Waals surface area contributed by atoms with Crippen LogP contribution < -0.4 is 0 Å². The predicted molar refractivity (Wildman–Crippen MR) is 82.3 cm³/mol. The number of ether oxygens (including phenoxy) is 1. The van der Waals surface area contributed by atoms with Crippen molar-refractivity contribution < 1.29 is 14.6 Å². The maximum Gasteiger partial charge on any atom is 0.251 e. The Hall–Kier alpha value is -1.10. The Kier molecular flexibility index (Phi) is 5.25. The molecule has 1 aliphatic heterocycles. The van der Waals surface area contributed by atoms with Gasteiger partial charge in [-0.25, -0.2) is 0 Å². The normalized spacial score (nSPS) is 19.3. The van der Waals surface area contributed by atoms with Crippen LogP contribution in [0.3, 0.4) is 0 Å². The number of amides is 1. The summed E-state index contributed by atoms with van der Waals surface area (Å²) in [6.07, 6.45) is 0.546. The lowest BCUT2D eigenvalue weighted by Crippen LogP contribution is -2.48. The van der Waals surface area contributed by atoms with Gasteiger partial charge in [-0.2, -0.15) is 0 Å². The van der Waals surface area contributed by atoms with Crippen LogP contribution in [0.2, 0.25) is 5.02 Å². The zero-order valence-corrected chi connectivity index (χ0v) is 13.3. The van der Waals surface area contributed by atoms with E-state index < -0.39 is 11.7 Å². The molecule has 0 spiro atoms. The third kappa shape index (κ3) is 3.57. The van der Waals surface area contributed by atoms with E-state index in [0.29, 0.717) is 37.6 Å². The first-order valence-corrected chi connectivity index (χ1v) is 7.73. The van der Waals surface area contributed by atoms with Crippen LogP contribution in [0.5, 0.6) is 0 Å². The Labute approximate surface area is 130 Å². The molecule has 1 N–H and O–H groups in total. The van der Waals surface area contributed by atoms with Crippen molar-refractivity contribution in [2.75, 3.05) is 19.7 Å². The third-order valence-corrected chi connectivity index (χ3v) is 4.37. The molecule has 0 unspecified atom stereocenters. The zero-order chi connectivity index (χ0) is 15.5. The van der Waals surface area contributed by atoms with Crippen molar-refractivity contribution in [1.82, 2.24) is 4.90 Å². The molecule has 2 rings (SSSR count). The van der Waals surface area contributed by atoms with Crippen molar-refractivity contribution >= 4 is 17.5 Å². The maximum absolute atomic E-state index is 12.2. The molecule has 0 saturated carbocycles. The largest absolute Gasteiger partial charge is 0.385 e. The van der Waals surface area contributed by atoms with Crippen molar-refractivity contribution in [2.24, 2.45) is 0 Å². The fourth-order valence-electron chi connectivity index (χ4n) is 2.78. The highest BCUT2D eigenvalue weighted by Crippen LogP contribution is 2.36. The van der Waals surface area contributed by atoms with E-state index in [9.17, 15) is 9.90 Å². The van der Waals surface area contributed by atoms with Crippen LogP contribution in [0.4, 0.5) is 0 Å². The number of benzene rings is 1. The first-order chi connectivity index (χ1) is 9.98. The molecule has 1 aromatic rings. The van der Waals surface area contributed by atoms with Gasteiger partial charge in [0.05, 0.1) is 5.60 Å². The monoisotopic (exact) mass is 311 g/mol. The number of hydrogen-bond donors (Lipinski definition) is 1. The lowest BCUT2D eigenvalue weighted by atomic mass is 9.84. The van der Waals surface area contributed by atoms with Gasteiger partial charge in [0.15, 0.2) is 0 Å². The average molecular weight is 312 g/mol. The standard InChI is InChI=1S/C16H22ClNO3/c1-3-21-12(2)15(19)18-10-8-16(20,9-11-18)13-6-4-5-7-14(13)17/h4-7,12,20H,3,8-11H2,1-2H3/t12-/m0/s1. The van der Waals surface area contributed by atoms with Crippen molar-refractivity contribution in [3.05, 3.63) is 34.9 Å². The molecule has 0 bridgehead atoms. The van der Waals surface area contributed by atoms with Crippen LogP contribution in [0.1, 0.15) is 32.3 Å². The van der Waals surface area contributed by atoms with E-state index in [-0.39, 0.29) is 5.91 Å². The van der Waals surface area contributed by atoms with E-state index in [2.05, 4.69) is 0 Å². The highest BCUT2D eigenvalue weighted by molar-refractivity contribution is 6.31. The third-order valence-electron chi connectivity index (χ3n) is 4.04. The number of nitrogens with zero attached hydrogens (tertiary/aromatic N) is 1. The summed E-state index contributed by atoms with van der Waals surface area (Å²) < 4.78 is 5.34. The zero-order valence-electron chi connectivity index (χ0n) is 12.5. The summed E-state index contributed by atoms with van der Waals surface area (Å²) >= 11 is 6.18. The molecule has 4 nitrogen and oxygen atoms in total. The molecule has 1 atom stereocenters. The first kappa shape index (κ1) is 16.3. The number of piperidine rings is 1. The van der Waals surface area contributed by atoms with E-state index in [4.69, 9.17) is 16.3 Å². The molecular formula is C16H22ClNO3. The number of halogens is 1. The highest BCUT2D eigenvalue weighted by Gasteiger charge is 2.37. The van der Waals surface area contributed by atoms with E-state index in [1.807, 2.05) is 25.1 Å². The summed E-state index contributed by atoms with van der Waals surface area (Å²) in [5.41, 5.74) is -0.208. The quantitative estimate of drug-likeness (QED) is 0.930. The molecule has 1 heterocycles. The van der Waals surface area contributed by atoms with Crippen LogP contribution in [0, 0.1) is 0 Å². The molecule has 1 amide bonds. The average Bonchev–Trinajstić information content (AvgIpc) is 2.48. The fourth-order valence-corrected chi connectivity index (χ4v) is 3.09. The van der Waals surface area contributed by atoms with E-state index in [1.165, 1.54) is 0 Å². The van der Waals surface area contributed by atoms with Crippen molar-refractivity contribution in [3.8, 4) is 0 Å². The molecule has 1 aliphatic rings. The first-order valence-electron chi connectivity index (χ1n) is 7.35. The second-order valence-corrected chi connectivity index (χ2v) is 5.84. The molecular weight excluding hydrogens is 290 g/mol. The van der Waals surface area contributed by atoms with Crippen LogP contribution in [-0.2, 0) is 15.1 Å². The van der Waals surface area contributed by atoms with Crippen LogP contribution in [-0.4, -0.2) is 41.7 Å². The summed E-state index contributed by atoms with van der Waals surface area (Å²) in [5.74, 6) is -0.0157. The minimum atomic E-state index is -0.954. The molecule has 21 heavy (non-hydrogen) atoms. The number of aliphatic hydroxyl groups is 1. The van der Waals surface area contributed by atoms with Gasteiger partial charge in [-0.05, 0) is 32.8 Å². The SMILES string of the molecule is CCO[C@@H](C)C(=O)N1CCC(O)(c2ccccc2Cl)CC1. The number of rotatable bonds is 4. The van der Waals surface area contributed by atoms with Gasteiger partial charge in [0.1, 0.15) is 6.10 Å². The molecule has 1 aromatic carbocycles. The molecule has 0 radical (unpaired) electrons. The minimum Gasteiger partial charge on any atom is -0.385 e. The van der Waals surface area contributed by atoms with Gasteiger partial charge >= 0.3 is 0 Å². The van der Waals surface area contributed by atoms with Gasteiger partial charge < -0.3 is 14.7 Å². The minimum absolute atomic E-state index is 0.0157. The van der Waals surface area contributed by atoms with Crippen LogP contribution in [0.15, 0.2) is 24.3 Å². The van der Waals surface area contributed by atoms with Gasteiger partial charge in [0.2, 0.25) is 0 Å². The summed E-state index contributed by atoms with van der Waals surface area (Å²) in [4.78, 5) is 14.0. The lowest BCUT2D eigenvalue weighted by Gasteiger charge is -2.39. The summed E-state index contributed by atoms with van der Waals surface area (Å²) in [6, 6.07) is 7.34. The molecule has 1 saturated heterocycles. The smallest absolute Gasteiger partial charge is 0.251 e. The molecule has 0 aromatic heterocycles. The molecule has 116 valence electrons. The van der Waals surface area contributed by atoms with E-state index >= 15 is 0 Å². The van der Waals surface area contributed by atoms with Gasteiger partial charge in [-0.15, -0.1) is 0 Å². The molecule has 5 heteroatoms. The fraction of sp³-hybridized carbons (Fsp3) is 0.562. The van der Waals surface area contributed by atoms with Crippen LogP contribution >= 0.6 is 11.6 Å². The van der Waals surface area contributed by atoms with Gasteiger partial charge in [-0.1, -0.05) is 29.8 Å². The number of hydrogen-bond acceptors (Lipinski definition) is 3.